The van der Waals surface area contributed by atoms with Crippen LogP contribution in [0.3, 0.4) is 0 Å². The molecule has 1 amide bonds. The van der Waals surface area contributed by atoms with E-state index in [2.05, 4.69) is 12.2 Å². The number of piperidine rings is 1. The highest BCUT2D eigenvalue weighted by Crippen LogP contribution is 2.30. The van der Waals surface area contributed by atoms with Gasteiger partial charge in [0.05, 0.1) is 23.2 Å². The van der Waals surface area contributed by atoms with Crippen molar-refractivity contribution >= 4 is 29.1 Å². The van der Waals surface area contributed by atoms with E-state index in [1.807, 2.05) is 17.0 Å². The van der Waals surface area contributed by atoms with Crippen molar-refractivity contribution in [3.05, 3.63) is 33.8 Å². The number of carbonyl (C=O) groups excluding carboxylic acids is 1. The number of morpholine rings is 1. The standard InChI is InChI=1S/C19H26Cl2N2O2/c1-13(15-3-2-6-22-11-15)9-19(24)23-7-8-25-18(12-23)14-4-5-16(20)17(21)10-14/h4-5,10,13,15,18,22H,2-3,6-9,11-12H2,1H3. The smallest absolute Gasteiger partial charge is 0.223 e. The van der Waals surface area contributed by atoms with Gasteiger partial charge in [-0.3, -0.25) is 4.79 Å². The first-order chi connectivity index (χ1) is 12.0. The summed E-state index contributed by atoms with van der Waals surface area (Å²) in [6, 6.07) is 5.53. The third-order valence-corrected chi connectivity index (χ3v) is 6.11. The van der Waals surface area contributed by atoms with Gasteiger partial charge in [-0.05, 0) is 55.5 Å². The Morgan fingerprint density at radius 3 is 2.96 bits per heavy atom. The Balaban J connectivity index is 1.58. The zero-order chi connectivity index (χ0) is 17.8. The molecule has 1 aromatic carbocycles. The van der Waals surface area contributed by atoms with Crippen molar-refractivity contribution in [3.63, 3.8) is 0 Å². The van der Waals surface area contributed by atoms with Gasteiger partial charge in [-0.1, -0.05) is 36.2 Å². The molecule has 2 aliphatic heterocycles. The first-order valence-electron chi connectivity index (χ1n) is 9.09. The van der Waals surface area contributed by atoms with E-state index < -0.39 is 0 Å². The molecule has 2 fully saturated rings. The first kappa shape index (κ1) is 19.0. The first-order valence-corrected chi connectivity index (χ1v) is 9.85. The molecule has 0 saturated carbocycles. The highest BCUT2D eigenvalue weighted by Gasteiger charge is 2.28. The minimum absolute atomic E-state index is 0.140. The lowest BCUT2D eigenvalue weighted by atomic mass is 9.85. The van der Waals surface area contributed by atoms with Gasteiger partial charge in [-0.2, -0.15) is 0 Å². The number of ether oxygens (including phenoxy) is 1. The van der Waals surface area contributed by atoms with Crippen LogP contribution in [0.2, 0.25) is 10.0 Å². The minimum atomic E-state index is -0.140. The summed E-state index contributed by atoms with van der Waals surface area (Å²) in [5.41, 5.74) is 0.969. The quantitative estimate of drug-likeness (QED) is 0.854. The highest BCUT2D eigenvalue weighted by atomic mass is 35.5. The summed E-state index contributed by atoms with van der Waals surface area (Å²) >= 11 is 12.1. The molecule has 3 unspecified atom stereocenters. The fourth-order valence-electron chi connectivity index (χ4n) is 3.73. The lowest BCUT2D eigenvalue weighted by Gasteiger charge is -2.35. The lowest BCUT2D eigenvalue weighted by Crippen LogP contribution is -2.43. The molecule has 2 heterocycles. The molecule has 1 N–H and O–H groups in total. The second-order valence-corrected chi connectivity index (χ2v) is 7.97. The third-order valence-electron chi connectivity index (χ3n) is 5.37. The number of nitrogens with one attached hydrogen (secondary N) is 1. The molecule has 0 bridgehead atoms. The second kappa shape index (κ2) is 8.72. The second-order valence-electron chi connectivity index (χ2n) is 7.16. The summed E-state index contributed by atoms with van der Waals surface area (Å²) in [5, 5.41) is 4.49. The molecule has 0 spiro atoms. The van der Waals surface area contributed by atoms with Crippen molar-refractivity contribution in [2.45, 2.75) is 32.3 Å². The van der Waals surface area contributed by atoms with E-state index >= 15 is 0 Å². The fraction of sp³-hybridized carbons (Fsp3) is 0.632. The average Bonchev–Trinajstić information content (AvgIpc) is 2.64. The van der Waals surface area contributed by atoms with Crippen LogP contribution in [0, 0.1) is 11.8 Å². The molecular formula is C19H26Cl2N2O2. The van der Waals surface area contributed by atoms with Crippen LogP contribution in [-0.2, 0) is 9.53 Å². The van der Waals surface area contributed by atoms with E-state index in [0.717, 1.165) is 18.7 Å². The van der Waals surface area contributed by atoms with Crippen LogP contribution in [0.25, 0.3) is 0 Å². The Morgan fingerprint density at radius 1 is 1.40 bits per heavy atom. The van der Waals surface area contributed by atoms with Crippen molar-refractivity contribution in [2.75, 3.05) is 32.8 Å². The van der Waals surface area contributed by atoms with Crippen LogP contribution < -0.4 is 5.32 Å². The predicted octanol–water partition coefficient (Wildman–Crippen LogP) is 3.92. The molecule has 3 rings (SSSR count). The van der Waals surface area contributed by atoms with E-state index in [9.17, 15) is 4.79 Å². The average molecular weight is 385 g/mol. The maximum Gasteiger partial charge on any atom is 0.223 e. The number of hydrogen-bond acceptors (Lipinski definition) is 3. The predicted molar refractivity (Wildman–Crippen MR) is 101 cm³/mol. The SMILES string of the molecule is CC(CC(=O)N1CCOC(c2ccc(Cl)c(Cl)c2)C1)C1CCCNC1. The maximum absolute atomic E-state index is 12.8. The molecular weight excluding hydrogens is 359 g/mol. The Hall–Kier alpha value is -0.810. The fourth-order valence-corrected chi connectivity index (χ4v) is 4.03. The van der Waals surface area contributed by atoms with E-state index in [0.29, 0.717) is 48.0 Å². The summed E-state index contributed by atoms with van der Waals surface area (Å²) in [4.78, 5) is 14.7. The van der Waals surface area contributed by atoms with Gasteiger partial charge in [0.25, 0.3) is 0 Å². The van der Waals surface area contributed by atoms with Crippen molar-refractivity contribution < 1.29 is 9.53 Å². The van der Waals surface area contributed by atoms with E-state index in [-0.39, 0.29) is 12.0 Å². The van der Waals surface area contributed by atoms with Crippen molar-refractivity contribution in [1.29, 1.82) is 0 Å². The van der Waals surface area contributed by atoms with Gasteiger partial charge in [-0.15, -0.1) is 0 Å². The van der Waals surface area contributed by atoms with Crippen molar-refractivity contribution in [2.24, 2.45) is 11.8 Å². The van der Waals surface area contributed by atoms with Crippen LogP contribution in [-0.4, -0.2) is 43.6 Å². The monoisotopic (exact) mass is 384 g/mol. The summed E-state index contributed by atoms with van der Waals surface area (Å²) in [6.07, 6.45) is 2.90. The maximum atomic E-state index is 12.8. The molecule has 1 aromatic rings. The van der Waals surface area contributed by atoms with Gasteiger partial charge in [0.15, 0.2) is 0 Å². The van der Waals surface area contributed by atoms with Crippen LogP contribution in [0.4, 0.5) is 0 Å². The minimum Gasteiger partial charge on any atom is -0.370 e. The number of nitrogens with zero attached hydrogens (tertiary/aromatic N) is 1. The lowest BCUT2D eigenvalue weighted by molar-refractivity contribution is -0.140. The van der Waals surface area contributed by atoms with Crippen LogP contribution in [0.5, 0.6) is 0 Å². The number of hydrogen-bond donors (Lipinski definition) is 1. The molecule has 0 aliphatic carbocycles. The summed E-state index contributed by atoms with van der Waals surface area (Å²) in [7, 11) is 0. The van der Waals surface area contributed by atoms with E-state index in [1.54, 1.807) is 6.07 Å². The molecule has 138 valence electrons. The van der Waals surface area contributed by atoms with Crippen LogP contribution >= 0.6 is 23.2 Å². The molecule has 2 saturated heterocycles. The highest BCUT2D eigenvalue weighted by molar-refractivity contribution is 6.42. The zero-order valence-corrected chi connectivity index (χ0v) is 16.2. The third kappa shape index (κ3) is 4.88. The van der Waals surface area contributed by atoms with Gasteiger partial charge in [0, 0.05) is 13.0 Å². The van der Waals surface area contributed by atoms with Gasteiger partial charge in [0.1, 0.15) is 6.10 Å². The van der Waals surface area contributed by atoms with Crippen molar-refractivity contribution in [1.82, 2.24) is 10.2 Å². The normalized spacial score (nSPS) is 25.6. The Bertz CT molecular complexity index is 605. The number of benzene rings is 1. The molecule has 4 nitrogen and oxygen atoms in total. The number of rotatable bonds is 4. The Kier molecular flexibility index (Phi) is 6.61. The number of carbonyl (C=O) groups is 1. The molecule has 0 radical (unpaired) electrons. The Morgan fingerprint density at radius 2 is 2.24 bits per heavy atom. The van der Waals surface area contributed by atoms with Gasteiger partial charge >= 0.3 is 0 Å². The van der Waals surface area contributed by atoms with Gasteiger partial charge in [0.2, 0.25) is 5.91 Å². The van der Waals surface area contributed by atoms with Crippen LogP contribution in [0.1, 0.15) is 37.9 Å². The van der Waals surface area contributed by atoms with Crippen LogP contribution in [0.15, 0.2) is 18.2 Å². The zero-order valence-electron chi connectivity index (χ0n) is 14.6. The molecule has 25 heavy (non-hydrogen) atoms. The number of halogens is 2. The van der Waals surface area contributed by atoms with Gasteiger partial charge in [-0.25, -0.2) is 0 Å². The molecule has 6 heteroatoms. The topological polar surface area (TPSA) is 41.6 Å². The van der Waals surface area contributed by atoms with Crippen molar-refractivity contribution in [3.8, 4) is 0 Å². The molecule has 2 aliphatic rings. The van der Waals surface area contributed by atoms with E-state index in [4.69, 9.17) is 27.9 Å². The van der Waals surface area contributed by atoms with Gasteiger partial charge < -0.3 is 15.0 Å². The number of amides is 1. The largest absolute Gasteiger partial charge is 0.370 e. The summed E-state index contributed by atoms with van der Waals surface area (Å²) in [6.45, 7) is 6.12. The summed E-state index contributed by atoms with van der Waals surface area (Å²) in [5.74, 6) is 1.24. The van der Waals surface area contributed by atoms with E-state index in [1.165, 1.54) is 12.8 Å². The Labute approximate surface area is 159 Å². The molecule has 0 aromatic heterocycles. The molecule has 3 atom stereocenters. The summed E-state index contributed by atoms with van der Waals surface area (Å²) < 4.78 is 5.85.